The molecule has 0 aromatic carbocycles. The summed E-state index contributed by atoms with van der Waals surface area (Å²) in [6.45, 7) is 9.09. The molecule has 0 saturated carbocycles. The van der Waals surface area contributed by atoms with Gasteiger partial charge in [0.1, 0.15) is 11.3 Å². The maximum Gasteiger partial charge on any atom is 0.319 e. The summed E-state index contributed by atoms with van der Waals surface area (Å²) < 4.78 is 5.87. The van der Waals surface area contributed by atoms with Gasteiger partial charge in [-0.15, -0.1) is 0 Å². The highest BCUT2D eigenvalue weighted by Gasteiger charge is 2.50. The summed E-state index contributed by atoms with van der Waals surface area (Å²) in [6, 6.07) is 0. The van der Waals surface area contributed by atoms with Crippen molar-refractivity contribution in [1.82, 2.24) is 0 Å². The van der Waals surface area contributed by atoms with Gasteiger partial charge >= 0.3 is 11.9 Å². The van der Waals surface area contributed by atoms with Crippen molar-refractivity contribution in [3.63, 3.8) is 0 Å². The van der Waals surface area contributed by atoms with Gasteiger partial charge in [-0.1, -0.05) is 175 Å². The van der Waals surface area contributed by atoms with Gasteiger partial charge in [-0.3, -0.25) is 14.4 Å². The molecule has 0 aliphatic carbocycles. The number of aliphatic carboxylic acids is 1. The van der Waals surface area contributed by atoms with Crippen LogP contribution in [0.3, 0.4) is 0 Å². The fraction of sp³-hybridized carbons (Fsp3) is 0.919. The number of carbonyl (C=O) groups is 3. The van der Waals surface area contributed by atoms with Crippen molar-refractivity contribution >= 4 is 17.7 Å². The van der Waals surface area contributed by atoms with E-state index < -0.39 is 23.3 Å². The molecule has 0 spiro atoms. The van der Waals surface area contributed by atoms with Gasteiger partial charge in [-0.05, 0) is 25.7 Å². The van der Waals surface area contributed by atoms with E-state index in [9.17, 15) is 19.5 Å². The molecule has 0 aliphatic heterocycles. The highest BCUT2D eigenvalue weighted by Crippen LogP contribution is 2.39. The van der Waals surface area contributed by atoms with E-state index in [-0.39, 0.29) is 5.78 Å². The van der Waals surface area contributed by atoms with Gasteiger partial charge in [0.05, 0.1) is 6.61 Å². The molecule has 0 radical (unpaired) electrons. The minimum absolute atomic E-state index is 0.319. The number of unbranched alkanes of at least 4 members (excludes halogenated alkanes) is 20. The third-order valence-corrected chi connectivity index (χ3v) is 8.97. The van der Waals surface area contributed by atoms with Crippen LogP contribution in [-0.2, 0) is 19.1 Å². The summed E-state index contributed by atoms with van der Waals surface area (Å²) in [5, 5.41) is 10.2. The normalized spacial score (nSPS) is 12.4. The molecule has 0 rings (SSSR count). The molecule has 0 aliphatic rings. The number of carbonyl (C=O) groups excluding carboxylic acids is 2. The standard InChI is InChI=1S/C37H70O5/c1-5-9-13-17-21-25-29-33(35(39)40)34(38)37(30-26-22-18-14-10-6-2,31-27-23-19-15-11-7-3)36(41)42-32-28-24-20-16-12-8-4/h33H,5-32H2,1-4H3,(H,39,40). The van der Waals surface area contributed by atoms with Crippen molar-refractivity contribution in [1.29, 1.82) is 0 Å². The number of rotatable bonds is 32. The van der Waals surface area contributed by atoms with Gasteiger partial charge in [0.2, 0.25) is 0 Å². The zero-order valence-corrected chi connectivity index (χ0v) is 28.5. The Morgan fingerprint density at radius 2 is 0.881 bits per heavy atom. The van der Waals surface area contributed by atoms with Crippen LogP contribution in [0.5, 0.6) is 0 Å². The summed E-state index contributed by atoms with van der Waals surface area (Å²) in [6.07, 6.45) is 26.6. The minimum Gasteiger partial charge on any atom is -0.481 e. The van der Waals surface area contributed by atoms with E-state index >= 15 is 0 Å². The van der Waals surface area contributed by atoms with Gasteiger partial charge < -0.3 is 9.84 Å². The molecule has 248 valence electrons. The molecule has 0 aromatic heterocycles. The molecule has 1 unspecified atom stereocenters. The Bertz CT molecular complexity index is 643. The summed E-state index contributed by atoms with van der Waals surface area (Å²) >= 11 is 0. The van der Waals surface area contributed by atoms with Crippen LogP contribution in [0.15, 0.2) is 0 Å². The van der Waals surface area contributed by atoms with Crippen molar-refractivity contribution in [3.8, 4) is 0 Å². The van der Waals surface area contributed by atoms with E-state index in [1.54, 1.807) is 0 Å². The maximum atomic E-state index is 14.3. The van der Waals surface area contributed by atoms with Crippen molar-refractivity contribution in [2.24, 2.45) is 11.3 Å². The molecular formula is C37H70O5. The molecule has 42 heavy (non-hydrogen) atoms. The first kappa shape index (κ1) is 40.6. The second-order valence-corrected chi connectivity index (χ2v) is 12.8. The fourth-order valence-electron chi connectivity index (χ4n) is 6.10. The number of hydrogen-bond donors (Lipinski definition) is 1. The van der Waals surface area contributed by atoms with E-state index in [2.05, 4.69) is 27.7 Å². The van der Waals surface area contributed by atoms with Crippen LogP contribution in [0.4, 0.5) is 0 Å². The third-order valence-electron chi connectivity index (χ3n) is 8.97. The molecule has 0 fully saturated rings. The summed E-state index contributed by atoms with van der Waals surface area (Å²) in [5.41, 5.74) is -1.33. The Morgan fingerprint density at radius 1 is 0.524 bits per heavy atom. The lowest BCUT2D eigenvalue weighted by Gasteiger charge is -2.33. The van der Waals surface area contributed by atoms with E-state index in [4.69, 9.17) is 4.74 Å². The molecular weight excluding hydrogens is 524 g/mol. The second kappa shape index (κ2) is 28.4. The Balaban J connectivity index is 5.74. The first-order valence-electron chi connectivity index (χ1n) is 18.3. The lowest BCUT2D eigenvalue weighted by atomic mass is 9.69. The SMILES string of the molecule is CCCCCCCCOC(=O)C(CCCCCCCC)(CCCCCCCC)C(=O)C(CCCCCCCC)C(=O)O. The van der Waals surface area contributed by atoms with Crippen LogP contribution in [-0.4, -0.2) is 29.4 Å². The van der Waals surface area contributed by atoms with Crippen molar-refractivity contribution in [2.75, 3.05) is 6.61 Å². The number of esters is 1. The number of carboxylic acid groups (broad SMARTS) is 1. The van der Waals surface area contributed by atoms with Crippen molar-refractivity contribution < 1.29 is 24.2 Å². The molecule has 0 bridgehead atoms. The average Bonchev–Trinajstić information content (AvgIpc) is 2.98. The van der Waals surface area contributed by atoms with E-state index in [0.29, 0.717) is 32.3 Å². The Kier molecular flexibility index (Phi) is 27.4. The van der Waals surface area contributed by atoms with Crippen LogP contribution in [0.2, 0.25) is 0 Å². The van der Waals surface area contributed by atoms with Gasteiger partial charge in [-0.25, -0.2) is 0 Å². The molecule has 1 atom stereocenters. The minimum atomic E-state index is -1.33. The Hall–Kier alpha value is -1.39. The lowest BCUT2D eigenvalue weighted by molar-refractivity contribution is -0.165. The Labute approximate surface area is 260 Å². The number of carboxylic acids is 1. The number of hydrogen-bond acceptors (Lipinski definition) is 4. The average molecular weight is 595 g/mol. The summed E-state index contributed by atoms with van der Waals surface area (Å²) in [7, 11) is 0. The largest absolute Gasteiger partial charge is 0.481 e. The molecule has 5 heteroatoms. The number of ketones is 1. The predicted molar refractivity (Wildman–Crippen MR) is 177 cm³/mol. The molecule has 0 saturated heterocycles. The predicted octanol–water partition coefficient (Wildman–Crippen LogP) is 11.4. The fourth-order valence-corrected chi connectivity index (χ4v) is 6.10. The zero-order valence-electron chi connectivity index (χ0n) is 28.5. The Morgan fingerprint density at radius 3 is 1.29 bits per heavy atom. The third kappa shape index (κ3) is 19.0. The first-order valence-corrected chi connectivity index (χ1v) is 18.3. The summed E-state index contributed by atoms with van der Waals surface area (Å²) in [4.78, 5) is 40.7. The molecule has 1 N–H and O–H groups in total. The van der Waals surface area contributed by atoms with Crippen LogP contribution < -0.4 is 0 Å². The van der Waals surface area contributed by atoms with Crippen molar-refractivity contribution in [3.05, 3.63) is 0 Å². The molecule has 0 heterocycles. The lowest BCUT2D eigenvalue weighted by Crippen LogP contribution is -2.46. The van der Waals surface area contributed by atoms with Crippen LogP contribution in [0.25, 0.3) is 0 Å². The maximum absolute atomic E-state index is 14.3. The highest BCUT2D eigenvalue weighted by molar-refractivity contribution is 6.11. The molecule has 5 nitrogen and oxygen atoms in total. The van der Waals surface area contributed by atoms with E-state index in [1.165, 1.54) is 51.4 Å². The topological polar surface area (TPSA) is 80.7 Å². The number of Topliss-reactive ketones (excluding diaryl/α,β-unsaturated/α-hetero) is 1. The first-order chi connectivity index (χ1) is 20.4. The monoisotopic (exact) mass is 595 g/mol. The van der Waals surface area contributed by atoms with Crippen LogP contribution >= 0.6 is 0 Å². The van der Waals surface area contributed by atoms with Gasteiger partial charge in [0, 0.05) is 0 Å². The quantitative estimate of drug-likeness (QED) is 0.0476. The molecule has 0 aromatic rings. The van der Waals surface area contributed by atoms with Crippen LogP contribution in [0.1, 0.15) is 201 Å². The summed E-state index contributed by atoms with van der Waals surface area (Å²) in [5.74, 6) is -3.03. The van der Waals surface area contributed by atoms with E-state index in [0.717, 1.165) is 96.3 Å². The smallest absolute Gasteiger partial charge is 0.319 e. The highest BCUT2D eigenvalue weighted by atomic mass is 16.5. The molecule has 0 amide bonds. The van der Waals surface area contributed by atoms with Crippen LogP contribution in [0, 0.1) is 11.3 Å². The zero-order chi connectivity index (χ0) is 31.3. The van der Waals surface area contributed by atoms with Crippen molar-refractivity contribution in [2.45, 2.75) is 201 Å². The van der Waals surface area contributed by atoms with E-state index in [1.807, 2.05) is 0 Å². The second-order valence-electron chi connectivity index (χ2n) is 12.8. The van der Waals surface area contributed by atoms with Gasteiger partial charge in [0.15, 0.2) is 5.78 Å². The van der Waals surface area contributed by atoms with Gasteiger partial charge in [-0.2, -0.15) is 0 Å². The van der Waals surface area contributed by atoms with Gasteiger partial charge in [0.25, 0.3) is 0 Å². The number of ether oxygens (including phenoxy) is 1.